The third-order valence-electron chi connectivity index (χ3n) is 3.18. The summed E-state index contributed by atoms with van der Waals surface area (Å²) in [5.41, 5.74) is 3.79. The van der Waals surface area contributed by atoms with Crippen LogP contribution in [-0.4, -0.2) is 30.6 Å². The van der Waals surface area contributed by atoms with Crippen molar-refractivity contribution in [2.24, 2.45) is 0 Å². The highest BCUT2D eigenvalue weighted by Crippen LogP contribution is 2.19. The number of rotatable bonds is 4. The van der Waals surface area contributed by atoms with Gasteiger partial charge >= 0.3 is 0 Å². The van der Waals surface area contributed by atoms with E-state index >= 15 is 0 Å². The average molecular weight is 288 g/mol. The van der Waals surface area contributed by atoms with Gasteiger partial charge in [0.15, 0.2) is 5.65 Å². The van der Waals surface area contributed by atoms with Crippen molar-refractivity contribution in [2.75, 3.05) is 5.88 Å². The Balaban J connectivity index is 2.12. The molecule has 0 N–H and O–H groups in total. The quantitative estimate of drug-likeness (QED) is 0.691. The second-order valence-corrected chi connectivity index (χ2v) is 4.95. The SMILES string of the molecule is Cc1ccnc2c1nc(CCCl)n2Cc1cccnn1. The van der Waals surface area contributed by atoms with Crippen molar-refractivity contribution in [1.29, 1.82) is 0 Å². The fourth-order valence-corrected chi connectivity index (χ4v) is 2.37. The molecule has 5 nitrogen and oxygen atoms in total. The van der Waals surface area contributed by atoms with Crippen LogP contribution in [0.15, 0.2) is 30.6 Å². The molecule has 0 unspecified atom stereocenters. The first-order valence-corrected chi connectivity index (χ1v) is 6.96. The van der Waals surface area contributed by atoms with E-state index in [1.165, 1.54) is 0 Å². The minimum atomic E-state index is 0.531. The van der Waals surface area contributed by atoms with Crippen molar-refractivity contribution in [3.05, 3.63) is 47.7 Å². The molecule has 0 aromatic carbocycles. The number of nitrogens with zero attached hydrogens (tertiary/aromatic N) is 5. The molecule has 20 heavy (non-hydrogen) atoms. The minimum Gasteiger partial charge on any atom is -0.306 e. The molecule has 0 fully saturated rings. The molecule has 0 saturated carbocycles. The highest BCUT2D eigenvalue weighted by atomic mass is 35.5. The second kappa shape index (κ2) is 5.54. The Kier molecular flexibility index (Phi) is 3.60. The van der Waals surface area contributed by atoms with Crippen LogP contribution in [0.3, 0.4) is 0 Å². The molecule has 0 spiro atoms. The van der Waals surface area contributed by atoms with Crippen LogP contribution in [0.4, 0.5) is 0 Å². The lowest BCUT2D eigenvalue weighted by Crippen LogP contribution is -2.08. The van der Waals surface area contributed by atoms with E-state index in [2.05, 4.69) is 24.7 Å². The monoisotopic (exact) mass is 287 g/mol. The zero-order chi connectivity index (χ0) is 13.9. The van der Waals surface area contributed by atoms with Gasteiger partial charge in [0.1, 0.15) is 11.3 Å². The maximum Gasteiger partial charge on any atom is 0.160 e. The molecule has 3 rings (SSSR count). The number of hydrogen-bond donors (Lipinski definition) is 0. The van der Waals surface area contributed by atoms with Gasteiger partial charge in [-0.05, 0) is 30.7 Å². The van der Waals surface area contributed by atoms with Crippen molar-refractivity contribution >= 4 is 22.8 Å². The van der Waals surface area contributed by atoms with Gasteiger partial charge in [-0.1, -0.05) is 0 Å². The van der Waals surface area contributed by atoms with Crippen LogP contribution in [0.2, 0.25) is 0 Å². The number of imidazole rings is 1. The predicted molar refractivity (Wildman–Crippen MR) is 77.8 cm³/mol. The summed E-state index contributed by atoms with van der Waals surface area (Å²) in [6.45, 7) is 2.64. The molecular formula is C14H14ClN5. The predicted octanol–water partition coefficient (Wildman–Crippen LogP) is 2.36. The van der Waals surface area contributed by atoms with Crippen LogP contribution in [0.25, 0.3) is 11.2 Å². The Labute approximate surface area is 121 Å². The second-order valence-electron chi connectivity index (χ2n) is 4.57. The first-order valence-electron chi connectivity index (χ1n) is 6.43. The van der Waals surface area contributed by atoms with Crippen molar-refractivity contribution in [2.45, 2.75) is 19.9 Å². The van der Waals surface area contributed by atoms with Gasteiger partial charge in [-0.25, -0.2) is 9.97 Å². The van der Waals surface area contributed by atoms with E-state index in [0.717, 1.165) is 28.2 Å². The van der Waals surface area contributed by atoms with Crippen LogP contribution >= 0.6 is 11.6 Å². The first kappa shape index (κ1) is 13.0. The Morgan fingerprint density at radius 2 is 2.15 bits per heavy atom. The van der Waals surface area contributed by atoms with Gasteiger partial charge in [0.2, 0.25) is 0 Å². The highest BCUT2D eigenvalue weighted by Gasteiger charge is 2.13. The highest BCUT2D eigenvalue weighted by molar-refractivity contribution is 6.17. The van der Waals surface area contributed by atoms with E-state index in [1.54, 1.807) is 12.4 Å². The zero-order valence-corrected chi connectivity index (χ0v) is 11.9. The van der Waals surface area contributed by atoms with E-state index in [-0.39, 0.29) is 0 Å². The third-order valence-corrected chi connectivity index (χ3v) is 3.37. The summed E-state index contributed by atoms with van der Waals surface area (Å²) in [6, 6.07) is 5.78. The van der Waals surface area contributed by atoms with Crippen molar-refractivity contribution < 1.29 is 0 Å². The minimum absolute atomic E-state index is 0.531. The molecule has 3 aromatic rings. The molecule has 6 heteroatoms. The molecule has 0 bridgehead atoms. The number of fused-ring (bicyclic) bond motifs is 1. The molecule has 3 heterocycles. The molecule has 0 aliphatic rings. The van der Waals surface area contributed by atoms with Gasteiger partial charge in [0, 0.05) is 24.7 Å². The molecular weight excluding hydrogens is 274 g/mol. The summed E-state index contributed by atoms with van der Waals surface area (Å²) in [4.78, 5) is 9.12. The normalized spacial score (nSPS) is 11.1. The van der Waals surface area contributed by atoms with E-state index < -0.39 is 0 Å². The topological polar surface area (TPSA) is 56.5 Å². The largest absolute Gasteiger partial charge is 0.306 e. The number of hydrogen-bond acceptors (Lipinski definition) is 4. The lowest BCUT2D eigenvalue weighted by molar-refractivity contribution is 0.718. The average Bonchev–Trinajstić information content (AvgIpc) is 2.81. The fourth-order valence-electron chi connectivity index (χ4n) is 2.20. The van der Waals surface area contributed by atoms with Crippen molar-refractivity contribution in [1.82, 2.24) is 24.7 Å². The molecule has 0 saturated heterocycles. The Hall–Kier alpha value is -2.01. The van der Waals surface area contributed by atoms with Gasteiger partial charge in [-0.2, -0.15) is 10.2 Å². The summed E-state index contributed by atoms with van der Waals surface area (Å²) >= 11 is 5.88. The Bertz CT molecular complexity index is 723. The lowest BCUT2D eigenvalue weighted by Gasteiger charge is -2.06. The standard InChI is InChI=1S/C14H14ClN5/c1-10-5-8-16-14-13(10)18-12(4-6-15)20(14)9-11-3-2-7-17-19-11/h2-3,5,7-8H,4,6,9H2,1H3. The number of alkyl halides is 1. The summed E-state index contributed by atoms with van der Waals surface area (Å²) < 4.78 is 2.06. The summed E-state index contributed by atoms with van der Waals surface area (Å²) in [6.07, 6.45) is 4.17. The summed E-state index contributed by atoms with van der Waals surface area (Å²) in [5, 5.41) is 8.03. The first-order chi connectivity index (χ1) is 9.79. The molecule has 0 atom stereocenters. The van der Waals surface area contributed by atoms with Crippen molar-refractivity contribution in [3.8, 4) is 0 Å². The third kappa shape index (κ3) is 2.36. The van der Waals surface area contributed by atoms with Gasteiger partial charge in [-0.15, -0.1) is 11.6 Å². The van der Waals surface area contributed by atoms with Crippen LogP contribution in [-0.2, 0) is 13.0 Å². The zero-order valence-electron chi connectivity index (χ0n) is 11.1. The van der Waals surface area contributed by atoms with Crippen LogP contribution < -0.4 is 0 Å². The number of aromatic nitrogens is 5. The van der Waals surface area contributed by atoms with Crippen molar-refractivity contribution in [3.63, 3.8) is 0 Å². The Morgan fingerprint density at radius 1 is 1.25 bits per heavy atom. The van der Waals surface area contributed by atoms with E-state index in [4.69, 9.17) is 11.6 Å². The van der Waals surface area contributed by atoms with Gasteiger partial charge < -0.3 is 4.57 Å². The smallest absolute Gasteiger partial charge is 0.160 e. The Morgan fingerprint density at radius 3 is 2.90 bits per heavy atom. The number of aryl methyl sites for hydroxylation is 2. The maximum absolute atomic E-state index is 5.88. The molecule has 0 aliphatic carbocycles. The lowest BCUT2D eigenvalue weighted by atomic mass is 10.3. The fraction of sp³-hybridized carbons (Fsp3) is 0.286. The maximum atomic E-state index is 5.88. The van der Waals surface area contributed by atoms with Crippen LogP contribution in [0.5, 0.6) is 0 Å². The summed E-state index contributed by atoms with van der Waals surface area (Å²) in [5.74, 6) is 1.46. The molecule has 0 aliphatic heterocycles. The number of pyridine rings is 1. The summed E-state index contributed by atoms with van der Waals surface area (Å²) in [7, 11) is 0. The van der Waals surface area contributed by atoms with Crippen LogP contribution in [0.1, 0.15) is 17.1 Å². The molecule has 0 radical (unpaired) electrons. The van der Waals surface area contributed by atoms with Gasteiger partial charge in [0.05, 0.1) is 12.2 Å². The molecule has 3 aromatic heterocycles. The van der Waals surface area contributed by atoms with Crippen LogP contribution in [0, 0.1) is 6.92 Å². The number of halogens is 1. The van der Waals surface area contributed by atoms with E-state index in [0.29, 0.717) is 18.8 Å². The van der Waals surface area contributed by atoms with Gasteiger partial charge in [0.25, 0.3) is 0 Å². The molecule has 102 valence electrons. The van der Waals surface area contributed by atoms with E-state index in [9.17, 15) is 0 Å². The van der Waals surface area contributed by atoms with Gasteiger partial charge in [-0.3, -0.25) is 0 Å². The molecule has 0 amide bonds. The van der Waals surface area contributed by atoms with E-state index in [1.807, 2.05) is 25.1 Å².